The highest BCUT2D eigenvalue weighted by Gasteiger charge is 2.39. The van der Waals surface area contributed by atoms with Crippen LogP contribution < -0.4 is 0 Å². The van der Waals surface area contributed by atoms with Gasteiger partial charge in [0.1, 0.15) is 6.42 Å². The molecule has 0 aromatic carbocycles. The Balaban J connectivity index is 2.74. The van der Waals surface area contributed by atoms with Gasteiger partial charge in [-0.05, 0) is 31.4 Å². The summed E-state index contributed by atoms with van der Waals surface area (Å²) in [7, 11) is 0. The minimum absolute atomic E-state index is 0.00293. The normalized spacial score (nSPS) is 16.2. The lowest BCUT2D eigenvalue weighted by molar-refractivity contribution is -0.144. The first kappa shape index (κ1) is 16.3. The smallest absolute Gasteiger partial charge is 0.449 e. The summed E-state index contributed by atoms with van der Waals surface area (Å²) in [6.45, 7) is 1.74. The monoisotopic (exact) mass is 292 g/mol. The molecule has 0 aromatic heterocycles. The van der Waals surface area contributed by atoms with Crippen LogP contribution in [0.25, 0.3) is 0 Å². The summed E-state index contributed by atoms with van der Waals surface area (Å²) in [5, 5.41) is 0. The molecule has 0 aromatic rings. The Morgan fingerprint density at radius 2 is 2.10 bits per heavy atom. The van der Waals surface area contributed by atoms with Crippen LogP contribution in [0.1, 0.15) is 26.2 Å². The third-order valence-electron chi connectivity index (χ3n) is 2.48. The second-order valence-electron chi connectivity index (χ2n) is 4.09. The average molecular weight is 292 g/mol. The molecular formula is C13H15F3O4. The Labute approximate surface area is 114 Å². The molecule has 112 valence electrons. The number of esters is 1. The molecule has 0 fully saturated rings. The molecule has 0 atom stereocenters. The molecule has 1 aliphatic rings. The number of carbonyl (C=O) groups is 2. The molecular weight excluding hydrogens is 277 g/mol. The highest BCUT2D eigenvalue weighted by atomic mass is 19.4. The highest BCUT2D eigenvalue weighted by Crippen LogP contribution is 2.34. The summed E-state index contributed by atoms with van der Waals surface area (Å²) in [4.78, 5) is 22.4. The third-order valence-corrected chi connectivity index (χ3v) is 2.48. The Bertz CT molecular complexity index is 435. The summed E-state index contributed by atoms with van der Waals surface area (Å²) in [6.07, 6.45) is -2.43. The number of carbonyl (C=O) groups excluding carboxylic acids is 2. The molecule has 0 amide bonds. The first-order valence-electron chi connectivity index (χ1n) is 6.14. The van der Waals surface area contributed by atoms with Gasteiger partial charge in [0.15, 0.2) is 5.78 Å². The molecule has 7 heteroatoms. The number of allylic oxidation sites excluding steroid dienone is 4. The van der Waals surface area contributed by atoms with E-state index in [9.17, 15) is 22.8 Å². The second kappa shape index (κ2) is 7.12. The first-order chi connectivity index (χ1) is 9.34. The molecule has 0 radical (unpaired) electrons. The van der Waals surface area contributed by atoms with E-state index in [1.54, 1.807) is 6.92 Å². The highest BCUT2D eigenvalue weighted by molar-refractivity contribution is 6.02. The van der Waals surface area contributed by atoms with Crippen LogP contribution in [0.3, 0.4) is 0 Å². The maximum atomic E-state index is 12.7. The van der Waals surface area contributed by atoms with Crippen LogP contribution in [0.4, 0.5) is 13.2 Å². The van der Waals surface area contributed by atoms with Gasteiger partial charge in [-0.15, -0.1) is 0 Å². The molecule has 1 rings (SSSR count). The molecule has 0 bridgehead atoms. The fourth-order valence-electron chi connectivity index (χ4n) is 1.67. The first-order valence-corrected chi connectivity index (χ1v) is 6.14. The van der Waals surface area contributed by atoms with Crippen molar-refractivity contribution in [3.8, 4) is 0 Å². The number of alkyl halides is 3. The second-order valence-corrected chi connectivity index (χ2v) is 4.09. The molecule has 0 N–H and O–H groups in total. The van der Waals surface area contributed by atoms with Crippen molar-refractivity contribution in [3.63, 3.8) is 0 Å². The van der Waals surface area contributed by atoms with Crippen molar-refractivity contribution >= 4 is 11.8 Å². The number of hydrogen-bond donors (Lipinski definition) is 0. The molecule has 0 unspecified atom stereocenters. The van der Waals surface area contributed by atoms with Crippen molar-refractivity contribution in [1.82, 2.24) is 0 Å². The summed E-state index contributed by atoms with van der Waals surface area (Å²) in [6, 6.07) is 0. The van der Waals surface area contributed by atoms with Gasteiger partial charge in [-0.1, -0.05) is 6.08 Å². The van der Waals surface area contributed by atoms with E-state index in [0.29, 0.717) is 6.42 Å². The van der Waals surface area contributed by atoms with Gasteiger partial charge in [0, 0.05) is 0 Å². The van der Waals surface area contributed by atoms with Crippen LogP contribution in [-0.4, -0.2) is 31.1 Å². The van der Waals surface area contributed by atoms with Crippen molar-refractivity contribution in [2.24, 2.45) is 0 Å². The Hall–Kier alpha value is -1.79. The minimum Gasteiger partial charge on any atom is -0.489 e. The van der Waals surface area contributed by atoms with Crippen molar-refractivity contribution in [1.29, 1.82) is 0 Å². The van der Waals surface area contributed by atoms with Crippen LogP contribution in [-0.2, 0) is 19.1 Å². The number of ether oxygens (including phenoxy) is 2. The van der Waals surface area contributed by atoms with Crippen molar-refractivity contribution in [2.45, 2.75) is 32.4 Å². The number of rotatable bonds is 5. The van der Waals surface area contributed by atoms with Crippen molar-refractivity contribution in [3.05, 3.63) is 23.5 Å². The van der Waals surface area contributed by atoms with Gasteiger partial charge >= 0.3 is 12.1 Å². The van der Waals surface area contributed by atoms with E-state index in [1.165, 1.54) is 0 Å². The van der Waals surface area contributed by atoms with Gasteiger partial charge in [-0.3, -0.25) is 9.59 Å². The SMILES string of the molecule is CCOC(=O)CC(=O)/C=C/C1=C(C(F)(F)F)OCCC1. The van der Waals surface area contributed by atoms with E-state index in [1.807, 2.05) is 0 Å². The maximum Gasteiger partial charge on any atom is 0.449 e. The van der Waals surface area contributed by atoms with Gasteiger partial charge < -0.3 is 9.47 Å². The summed E-state index contributed by atoms with van der Waals surface area (Å²) < 4.78 is 47.1. The molecule has 1 aliphatic heterocycles. The largest absolute Gasteiger partial charge is 0.489 e. The topological polar surface area (TPSA) is 52.6 Å². The third kappa shape index (κ3) is 5.07. The Morgan fingerprint density at radius 3 is 2.70 bits per heavy atom. The summed E-state index contributed by atoms with van der Waals surface area (Å²) in [5.41, 5.74) is -0.0824. The molecule has 1 heterocycles. The van der Waals surface area contributed by atoms with Crippen LogP contribution in [0, 0.1) is 0 Å². The van der Waals surface area contributed by atoms with E-state index >= 15 is 0 Å². The van der Waals surface area contributed by atoms with Crippen LogP contribution in [0.5, 0.6) is 0 Å². The fourth-order valence-corrected chi connectivity index (χ4v) is 1.67. The molecule has 0 spiro atoms. The Kier molecular flexibility index (Phi) is 5.79. The van der Waals surface area contributed by atoms with Gasteiger partial charge in [0.05, 0.1) is 13.2 Å². The van der Waals surface area contributed by atoms with Crippen LogP contribution >= 0.6 is 0 Å². The Morgan fingerprint density at radius 1 is 1.40 bits per heavy atom. The van der Waals surface area contributed by atoms with Gasteiger partial charge in [0.25, 0.3) is 0 Å². The van der Waals surface area contributed by atoms with E-state index in [2.05, 4.69) is 9.47 Å². The number of ketones is 1. The quantitative estimate of drug-likeness (QED) is 0.444. The standard InChI is InChI=1S/C13H15F3O4/c1-2-19-11(18)8-10(17)6-5-9-4-3-7-20-12(9)13(14,15)16/h5-6H,2-4,7-8H2,1H3/b6-5+. The van der Waals surface area contributed by atoms with E-state index in [-0.39, 0.29) is 25.2 Å². The molecule has 20 heavy (non-hydrogen) atoms. The van der Waals surface area contributed by atoms with E-state index < -0.39 is 30.1 Å². The zero-order chi connectivity index (χ0) is 15.2. The van der Waals surface area contributed by atoms with Crippen LogP contribution in [0.15, 0.2) is 23.5 Å². The molecule has 0 aliphatic carbocycles. The van der Waals surface area contributed by atoms with Gasteiger partial charge in [-0.2, -0.15) is 13.2 Å². The lowest BCUT2D eigenvalue weighted by Gasteiger charge is -2.21. The predicted octanol–water partition coefficient (Wildman–Crippen LogP) is 2.69. The minimum atomic E-state index is -4.58. The maximum absolute atomic E-state index is 12.7. The number of halogens is 3. The lowest BCUT2D eigenvalue weighted by atomic mass is 10.0. The predicted molar refractivity (Wildman–Crippen MR) is 63.7 cm³/mol. The number of hydrogen-bond acceptors (Lipinski definition) is 4. The zero-order valence-electron chi connectivity index (χ0n) is 11.0. The van der Waals surface area contributed by atoms with Gasteiger partial charge in [-0.25, -0.2) is 0 Å². The van der Waals surface area contributed by atoms with Crippen molar-refractivity contribution < 1.29 is 32.2 Å². The summed E-state index contributed by atoms with van der Waals surface area (Å²) in [5.74, 6) is -2.38. The van der Waals surface area contributed by atoms with Crippen LogP contribution in [0.2, 0.25) is 0 Å². The molecule has 4 nitrogen and oxygen atoms in total. The average Bonchev–Trinajstić information content (AvgIpc) is 2.36. The lowest BCUT2D eigenvalue weighted by Crippen LogP contribution is -2.20. The van der Waals surface area contributed by atoms with E-state index in [0.717, 1.165) is 12.2 Å². The van der Waals surface area contributed by atoms with Gasteiger partial charge in [0.2, 0.25) is 5.76 Å². The zero-order valence-corrected chi connectivity index (χ0v) is 11.0. The molecule has 0 saturated carbocycles. The van der Waals surface area contributed by atoms with E-state index in [4.69, 9.17) is 0 Å². The molecule has 0 saturated heterocycles. The summed E-state index contributed by atoms with van der Waals surface area (Å²) >= 11 is 0. The van der Waals surface area contributed by atoms with Crippen molar-refractivity contribution in [2.75, 3.05) is 13.2 Å². The fraction of sp³-hybridized carbons (Fsp3) is 0.538.